The van der Waals surface area contributed by atoms with E-state index in [9.17, 15) is 8.78 Å². The first-order valence-electron chi connectivity index (χ1n) is 11.2. The van der Waals surface area contributed by atoms with Crippen molar-refractivity contribution < 1.29 is 13.5 Å². The van der Waals surface area contributed by atoms with Crippen LogP contribution in [0.15, 0.2) is 12.1 Å². The van der Waals surface area contributed by atoms with E-state index in [1.165, 1.54) is 51.4 Å². The molecule has 152 valence electrons. The summed E-state index contributed by atoms with van der Waals surface area (Å²) >= 11 is 0. The normalized spacial score (nSPS) is 28.9. The molecule has 3 heteroatoms. The summed E-state index contributed by atoms with van der Waals surface area (Å²) in [5.41, 5.74) is 0.557. The standard InChI is InChI=1S/C24H36F2O/c1-3-5-17-6-8-18(9-7-17)19-10-12-20(13-11-19)21-14-15-22(27-16-4-2)24(26)23(21)25/h14-15,17-20H,3-13,16H2,1-2H3. The van der Waals surface area contributed by atoms with Gasteiger partial charge >= 0.3 is 0 Å². The molecule has 0 unspecified atom stereocenters. The third kappa shape index (κ3) is 5.03. The van der Waals surface area contributed by atoms with Crippen LogP contribution in [0.25, 0.3) is 0 Å². The van der Waals surface area contributed by atoms with Crippen LogP contribution in [-0.2, 0) is 0 Å². The van der Waals surface area contributed by atoms with Gasteiger partial charge in [-0.3, -0.25) is 0 Å². The van der Waals surface area contributed by atoms with E-state index in [1.807, 2.05) is 6.92 Å². The Morgan fingerprint density at radius 1 is 0.815 bits per heavy atom. The van der Waals surface area contributed by atoms with Crippen LogP contribution in [0, 0.1) is 29.4 Å². The second-order valence-electron chi connectivity index (χ2n) is 8.81. The fourth-order valence-corrected chi connectivity index (χ4v) is 5.44. The summed E-state index contributed by atoms with van der Waals surface area (Å²) in [7, 11) is 0. The lowest BCUT2D eigenvalue weighted by Gasteiger charge is -2.38. The van der Waals surface area contributed by atoms with Gasteiger partial charge in [-0.15, -0.1) is 0 Å². The van der Waals surface area contributed by atoms with Gasteiger partial charge in [-0.1, -0.05) is 45.6 Å². The van der Waals surface area contributed by atoms with Crippen LogP contribution < -0.4 is 4.74 Å². The summed E-state index contributed by atoms with van der Waals surface area (Å²) in [5, 5.41) is 0. The van der Waals surface area contributed by atoms with Gasteiger partial charge in [-0.05, 0) is 80.2 Å². The zero-order valence-electron chi connectivity index (χ0n) is 17.1. The average molecular weight is 379 g/mol. The molecule has 0 bridgehead atoms. The van der Waals surface area contributed by atoms with Gasteiger partial charge in [0.15, 0.2) is 11.6 Å². The minimum atomic E-state index is -0.808. The van der Waals surface area contributed by atoms with Crippen LogP contribution in [-0.4, -0.2) is 6.61 Å². The van der Waals surface area contributed by atoms with Crippen molar-refractivity contribution in [2.24, 2.45) is 17.8 Å². The molecule has 2 saturated carbocycles. The third-order valence-corrected chi connectivity index (χ3v) is 7.01. The van der Waals surface area contributed by atoms with Crippen LogP contribution in [0.4, 0.5) is 8.78 Å². The van der Waals surface area contributed by atoms with Crippen LogP contribution >= 0.6 is 0 Å². The molecule has 2 fully saturated rings. The first kappa shape index (κ1) is 20.6. The Labute approximate surface area is 163 Å². The van der Waals surface area contributed by atoms with Crippen molar-refractivity contribution in [3.63, 3.8) is 0 Å². The summed E-state index contributed by atoms with van der Waals surface area (Å²) in [6.07, 6.45) is 13.4. The number of ether oxygens (including phenoxy) is 1. The summed E-state index contributed by atoms with van der Waals surface area (Å²) in [4.78, 5) is 0. The quantitative estimate of drug-likeness (QED) is 0.474. The maximum absolute atomic E-state index is 14.6. The Morgan fingerprint density at radius 3 is 2.04 bits per heavy atom. The second-order valence-corrected chi connectivity index (χ2v) is 8.81. The second kappa shape index (κ2) is 9.89. The van der Waals surface area contributed by atoms with E-state index in [0.29, 0.717) is 12.2 Å². The molecule has 27 heavy (non-hydrogen) atoms. The summed E-state index contributed by atoms with van der Waals surface area (Å²) < 4.78 is 34.2. The fraction of sp³-hybridized carbons (Fsp3) is 0.750. The molecule has 0 spiro atoms. The van der Waals surface area contributed by atoms with Gasteiger partial charge < -0.3 is 4.74 Å². The van der Waals surface area contributed by atoms with Crippen molar-refractivity contribution in [3.8, 4) is 5.75 Å². The molecule has 1 aromatic carbocycles. The lowest BCUT2D eigenvalue weighted by molar-refractivity contribution is 0.155. The molecule has 0 aliphatic heterocycles. The van der Waals surface area contributed by atoms with E-state index in [0.717, 1.165) is 37.0 Å². The SMILES string of the molecule is CCCOc1ccc(C2CCC(C3CCC(CCC)CC3)CC2)c(F)c1F. The predicted octanol–water partition coefficient (Wildman–Crippen LogP) is 7.63. The van der Waals surface area contributed by atoms with E-state index >= 15 is 0 Å². The molecule has 3 rings (SSSR count). The predicted molar refractivity (Wildman–Crippen MR) is 107 cm³/mol. The van der Waals surface area contributed by atoms with Gasteiger partial charge in [0.2, 0.25) is 5.82 Å². The lowest BCUT2D eigenvalue weighted by atomic mass is 9.68. The lowest BCUT2D eigenvalue weighted by Crippen LogP contribution is -2.25. The molecule has 0 atom stereocenters. The van der Waals surface area contributed by atoms with Gasteiger partial charge in [-0.2, -0.15) is 4.39 Å². The van der Waals surface area contributed by atoms with Crippen molar-refractivity contribution in [3.05, 3.63) is 29.3 Å². The molecule has 0 saturated heterocycles. The van der Waals surface area contributed by atoms with Crippen LogP contribution in [0.3, 0.4) is 0 Å². The fourth-order valence-electron chi connectivity index (χ4n) is 5.44. The highest BCUT2D eigenvalue weighted by Gasteiger charge is 2.32. The van der Waals surface area contributed by atoms with Gasteiger partial charge in [-0.25, -0.2) is 4.39 Å². The zero-order chi connectivity index (χ0) is 19.2. The highest BCUT2D eigenvalue weighted by Crippen LogP contribution is 2.45. The molecule has 1 aromatic rings. The zero-order valence-corrected chi connectivity index (χ0v) is 17.1. The molecule has 0 N–H and O–H groups in total. The highest BCUT2D eigenvalue weighted by molar-refractivity contribution is 5.33. The van der Waals surface area contributed by atoms with Crippen molar-refractivity contribution in [1.82, 2.24) is 0 Å². The number of hydrogen-bond acceptors (Lipinski definition) is 1. The minimum Gasteiger partial charge on any atom is -0.490 e. The monoisotopic (exact) mass is 378 g/mol. The highest BCUT2D eigenvalue weighted by atomic mass is 19.2. The Hall–Kier alpha value is -1.12. The van der Waals surface area contributed by atoms with E-state index in [-0.39, 0.29) is 11.7 Å². The molecule has 2 aliphatic rings. The summed E-state index contributed by atoms with van der Waals surface area (Å²) in [6, 6.07) is 3.37. The molecule has 1 nitrogen and oxygen atoms in total. The maximum Gasteiger partial charge on any atom is 0.200 e. The summed E-state index contributed by atoms with van der Waals surface area (Å²) in [5.74, 6) is 1.33. The minimum absolute atomic E-state index is 0.0515. The van der Waals surface area contributed by atoms with Crippen molar-refractivity contribution >= 4 is 0 Å². The summed E-state index contributed by atoms with van der Waals surface area (Å²) in [6.45, 7) is 4.66. The first-order chi connectivity index (χ1) is 13.1. The number of halogens is 2. The Bertz CT molecular complexity index is 584. The Kier molecular flexibility index (Phi) is 7.55. The molecule has 0 radical (unpaired) electrons. The van der Waals surface area contributed by atoms with Crippen LogP contribution in [0.1, 0.15) is 96.0 Å². The molecular weight excluding hydrogens is 342 g/mol. The van der Waals surface area contributed by atoms with E-state index < -0.39 is 11.6 Å². The largest absolute Gasteiger partial charge is 0.490 e. The average Bonchev–Trinajstić information content (AvgIpc) is 2.70. The number of hydrogen-bond donors (Lipinski definition) is 0. The van der Waals surface area contributed by atoms with E-state index in [1.54, 1.807) is 12.1 Å². The first-order valence-corrected chi connectivity index (χ1v) is 11.2. The van der Waals surface area contributed by atoms with E-state index in [4.69, 9.17) is 4.74 Å². The topological polar surface area (TPSA) is 9.23 Å². The van der Waals surface area contributed by atoms with Gasteiger partial charge in [0, 0.05) is 0 Å². The van der Waals surface area contributed by atoms with Gasteiger partial charge in [0.25, 0.3) is 0 Å². The molecule has 0 aromatic heterocycles. The van der Waals surface area contributed by atoms with Crippen LogP contribution in [0.5, 0.6) is 5.75 Å². The number of benzene rings is 1. The molecule has 2 aliphatic carbocycles. The van der Waals surface area contributed by atoms with E-state index in [2.05, 4.69) is 6.92 Å². The molecule has 0 amide bonds. The van der Waals surface area contributed by atoms with Crippen LogP contribution in [0.2, 0.25) is 0 Å². The Balaban J connectivity index is 1.54. The molecular formula is C24H36F2O. The third-order valence-electron chi connectivity index (χ3n) is 7.01. The van der Waals surface area contributed by atoms with Crippen molar-refractivity contribution in [1.29, 1.82) is 0 Å². The van der Waals surface area contributed by atoms with Gasteiger partial charge in [0.1, 0.15) is 0 Å². The Morgan fingerprint density at radius 2 is 1.44 bits per heavy atom. The number of rotatable bonds is 7. The van der Waals surface area contributed by atoms with Crippen molar-refractivity contribution in [2.75, 3.05) is 6.61 Å². The molecule has 0 heterocycles. The maximum atomic E-state index is 14.6. The van der Waals surface area contributed by atoms with Gasteiger partial charge in [0.05, 0.1) is 6.61 Å². The van der Waals surface area contributed by atoms with Crippen molar-refractivity contribution in [2.45, 2.75) is 90.4 Å². The smallest absolute Gasteiger partial charge is 0.200 e.